The molecule has 5 heteroatoms. The van der Waals surface area contributed by atoms with E-state index >= 15 is 0 Å². The van der Waals surface area contributed by atoms with E-state index in [2.05, 4.69) is 11.9 Å². The number of benzene rings is 1. The van der Waals surface area contributed by atoms with Gasteiger partial charge in [0.05, 0.1) is 17.3 Å². The zero-order valence-corrected chi connectivity index (χ0v) is 17.0. The Balaban J connectivity index is 1.94. The first kappa shape index (κ1) is 21.5. The molecule has 2 rings (SSSR count). The highest BCUT2D eigenvalue weighted by molar-refractivity contribution is 6.33. The van der Waals surface area contributed by atoms with E-state index in [0.717, 1.165) is 12.8 Å². The fourth-order valence-corrected chi connectivity index (χ4v) is 3.45. The number of ether oxygens (including phenoxy) is 1. The van der Waals surface area contributed by atoms with Gasteiger partial charge < -0.3 is 9.72 Å². The molecule has 2 aromatic rings. The van der Waals surface area contributed by atoms with Gasteiger partial charge in [0.25, 0.3) is 0 Å². The fraction of sp³-hybridized carbons (Fsp3) is 0.500. The largest absolute Gasteiger partial charge is 0.461 e. The molecule has 0 aliphatic carbocycles. The van der Waals surface area contributed by atoms with Crippen molar-refractivity contribution < 1.29 is 13.9 Å². The zero-order valence-electron chi connectivity index (χ0n) is 16.2. The van der Waals surface area contributed by atoms with Crippen molar-refractivity contribution in [1.29, 1.82) is 0 Å². The zero-order chi connectivity index (χ0) is 19.6. The third-order valence-corrected chi connectivity index (χ3v) is 4.95. The molecule has 0 bridgehead atoms. The van der Waals surface area contributed by atoms with Gasteiger partial charge >= 0.3 is 5.97 Å². The van der Waals surface area contributed by atoms with E-state index in [1.807, 2.05) is 18.2 Å². The van der Waals surface area contributed by atoms with Crippen molar-refractivity contribution in [2.45, 2.75) is 65.2 Å². The van der Waals surface area contributed by atoms with Crippen LogP contribution in [-0.2, 0) is 11.2 Å². The number of halogens is 2. The van der Waals surface area contributed by atoms with Crippen LogP contribution in [0.25, 0.3) is 11.3 Å². The third-order valence-electron chi connectivity index (χ3n) is 4.64. The summed E-state index contributed by atoms with van der Waals surface area (Å²) in [4.78, 5) is 14.5. The summed E-state index contributed by atoms with van der Waals surface area (Å²) in [6.07, 6.45) is 9.89. The fourth-order valence-electron chi connectivity index (χ4n) is 3.15. The molecule has 148 valence electrons. The van der Waals surface area contributed by atoms with E-state index in [1.165, 1.54) is 50.2 Å². The predicted molar refractivity (Wildman–Crippen MR) is 109 cm³/mol. The first-order chi connectivity index (χ1) is 13.1. The summed E-state index contributed by atoms with van der Waals surface area (Å²) in [6, 6.07) is 7.10. The van der Waals surface area contributed by atoms with Crippen molar-refractivity contribution in [2.24, 2.45) is 0 Å². The van der Waals surface area contributed by atoms with Gasteiger partial charge in [0, 0.05) is 11.6 Å². The number of nitrogens with one attached hydrogen (secondary N) is 1. The number of aromatic nitrogens is 1. The monoisotopic (exact) mass is 393 g/mol. The number of carbonyl (C=O) groups excluding carboxylic acids is 1. The standard InChI is InChI=1S/C22H29ClFNO2/c1-3-5-6-7-8-9-10-11-16-12-13-17(18(23)14-16)20-15-19(24)21(25-20)22(26)27-4-2/h12-15,25H,3-11H2,1-2H3. The maximum absolute atomic E-state index is 14.0. The van der Waals surface area contributed by atoms with Gasteiger partial charge in [-0.25, -0.2) is 9.18 Å². The highest BCUT2D eigenvalue weighted by Crippen LogP contribution is 2.30. The molecule has 1 N–H and O–H groups in total. The van der Waals surface area contributed by atoms with Gasteiger partial charge in [0.15, 0.2) is 11.5 Å². The quantitative estimate of drug-likeness (QED) is 0.331. The van der Waals surface area contributed by atoms with Crippen LogP contribution in [0, 0.1) is 5.82 Å². The van der Waals surface area contributed by atoms with Gasteiger partial charge in [-0.1, -0.05) is 69.2 Å². The number of H-pyrrole nitrogens is 1. The Hall–Kier alpha value is -1.81. The van der Waals surface area contributed by atoms with Gasteiger partial charge in [-0.05, 0) is 31.4 Å². The Kier molecular flexibility index (Phi) is 8.86. The van der Waals surface area contributed by atoms with E-state index in [1.54, 1.807) is 6.92 Å². The normalized spacial score (nSPS) is 11.0. The van der Waals surface area contributed by atoms with Gasteiger partial charge in [-0.15, -0.1) is 0 Å². The second kappa shape index (κ2) is 11.1. The molecule has 3 nitrogen and oxygen atoms in total. The van der Waals surface area contributed by atoms with Crippen LogP contribution in [0.1, 0.15) is 74.8 Å². The molecule has 27 heavy (non-hydrogen) atoms. The lowest BCUT2D eigenvalue weighted by molar-refractivity contribution is 0.0515. The van der Waals surface area contributed by atoms with E-state index in [0.29, 0.717) is 16.3 Å². The van der Waals surface area contributed by atoms with Gasteiger partial charge in [0.1, 0.15) is 0 Å². The molecule has 0 saturated carbocycles. The summed E-state index contributed by atoms with van der Waals surface area (Å²) in [5.74, 6) is -1.33. The number of unbranched alkanes of at least 4 members (excludes halogenated alkanes) is 6. The maximum Gasteiger partial charge on any atom is 0.357 e. The second-order valence-corrected chi connectivity index (χ2v) is 7.22. The van der Waals surface area contributed by atoms with Gasteiger partial charge in [-0.3, -0.25) is 0 Å². The molecule has 0 aliphatic rings. The lowest BCUT2D eigenvalue weighted by Gasteiger charge is -2.07. The van der Waals surface area contributed by atoms with E-state index in [9.17, 15) is 9.18 Å². The van der Waals surface area contributed by atoms with Crippen LogP contribution >= 0.6 is 11.6 Å². The summed E-state index contributed by atoms with van der Waals surface area (Å²) < 4.78 is 18.9. The first-order valence-electron chi connectivity index (χ1n) is 9.91. The number of rotatable bonds is 11. The minimum Gasteiger partial charge on any atom is -0.461 e. The number of aryl methyl sites for hydroxylation is 1. The molecule has 1 heterocycles. The topological polar surface area (TPSA) is 42.1 Å². The molecule has 0 aliphatic heterocycles. The Morgan fingerprint density at radius 3 is 2.44 bits per heavy atom. The van der Waals surface area contributed by atoms with Crippen LogP contribution in [0.15, 0.2) is 24.3 Å². The maximum atomic E-state index is 14.0. The minimum absolute atomic E-state index is 0.171. The second-order valence-electron chi connectivity index (χ2n) is 6.81. The van der Waals surface area contributed by atoms with Crippen LogP contribution in [0.5, 0.6) is 0 Å². The molecule has 1 aromatic heterocycles. The average molecular weight is 394 g/mol. The number of hydrogen-bond donors (Lipinski definition) is 1. The van der Waals surface area contributed by atoms with Crippen LogP contribution in [-0.4, -0.2) is 17.6 Å². The number of hydrogen-bond acceptors (Lipinski definition) is 2. The summed E-state index contributed by atoms with van der Waals surface area (Å²) in [7, 11) is 0. The highest BCUT2D eigenvalue weighted by Gasteiger charge is 2.18. The van der Waals surface area contributed by atoms with Gasteiger partial charge in [-0.2, -0.15) is 0 Å². The molecular formula is C22H29ClFNO2. The van der Waals surface area contributed by atoms with E-state index < -0.39 is 11.8 Å². The molecule has 0 amide bonds. The van der Waals surface area contributed by atoms with Crippen LogP contribution in [0.2, 0.25) is 5.02 Å². The summed E-state index contributed by atoms with van der Waals surface area (Å²) >= 11 is 6.40. The summed E-state index contributed by atoms with van der Waals surface area (Å²) in [5, 5.41) is 0.548. The molecule has 0 spiro atoms. The van der Waals surface area contributed by atoms with E-state index in [4.69, 9.17) is 16.3 Å². The van der Waals surface area contributed by atoms with E-state index in [-0.39, 0.29) is 12.3 Å². The number of carbonyl (C=O) groups is 1. The molecular weight excluding hydrogens is 365 g/mol. The lowest BCUT2D eigenvalue weighted by atomic mass is 10.0. The van der Waals surface area contributed by atoms with Crippen molar-refractivity contribution in [2.75, 3.05) is 6.61 Å². The Morgan fingerprint density at radius 2 is 1.78 bits per heavy atom. The van der Waals surface area contributed by atoms with Crippen LogP contribution in [0.4, 0.5) is 4.39 Å². The van der Waals surface area contributed by atoms with Crippen molar-refractivity contribution in [3.63, 3.8) is 0 Å². The van der Waals surface area contributed by atoms with Crippen LogP contribution < -0.4 is 0 Å². The number of aromatic amines is 1. The van der Waals surface area contributed by atoms with Crippen molar-refractivity contribution in [3.8, 4) is 11.3 Å². The SMILES string of the molecule is CCCCCCCCCc1ccc(-c2cc(F)c(C(=O)OCC)[nH]2)c(Cl)c1. The van der Waals surface area contributed by atoms with Gasteiger partial charge in [0.2, 0.25) is 0 Å². The average Bonchev–Trinajstić information content (AvgIpc) is 3.03. The molecule has 0 atom stereocenters. The predicted octanol–water partition coefficient (Wildman–Crippen LogP) is 6.94. The molecule has 0 saturated heterocycles. The lowest BCUT2D eigenvalue weighted by Crippen LogP contribution is -2.06. The molecule has 0 unspecified atom stereocenters. The van der Waals surface area contributed by atoms with Crippen LogP contribution in [0.3, 0.4) is 0 Å². The van der Waals surface area contributed by atoms with Crippen molar-refractivity contribution >= 4 is 17.6 Å². The van der Waals surface area contributed by atoms with Crippen molar-refractivity contribution in [1.82, 2.24) is 4.98 Å². The minimum atomic E-state index is -0.701. The highest BCUT2D eigenvalue weighted by atomic mass is 35.5. The smallest absolute Gasteiger partial charge is 0.357 e. The third kappa shape index (κ3) is 6.39. The summed E-state index contributed by atoms with van der Waals surface area (Å²) in [6.45, 7) is 4.10. The Morgan fingerprint density at radius 1 is 1.07 bits per heavy atom. The molecule has 1 aromatic carbocycles. The molecule has 0 fully saturated rings. The Labute approximate surface area is 166 Å². The summed E-state index contributed by atoms with van der Waals surface area (Å²) in [5.41, 5.74) is 2.16. The van der Waals surface area contributed by atoms with Crippen molar-refractivity contribution in [3.05, 3.63) is 46.4 Å². The number of esters is 1. The molecule has 0 radical (unpaired) electrons. The Bertz CT molecular complexity index is 742. The first-order valence-corrected chi connectivity index (χ1v) is 10.3.